The molecule has 0 bridgehead atoms. The van der Waals surface area contributed by atoms with Gasteiger partial charge in [-0.3, -0.25) is 4.90 Å². The van der Waals surface area contributed by atoms with Crippen LogP contribution in [0, 0.1) is 5.41 Å². The van der Waals surface area contributed by atoms with Crippen LogP contribution in [0.1, 0.15) is 44.7 Å². The van der Waals surface area contributed by atoms with Crippen molar-refractivity contribution in [2.45, 2.75) is 39.2 Å². The van der Waals surface area contributed by atoms with Crippen LogP contribution in [0.25, 0.3) is 0 Å². The molecule has 1 fully saturated rings. The highest BCUT2D eigenvalue weighted by Gasteiger charge is 2.37. The van der Waals surface area contributed by atoms with Crippen LogP contribution in [0.15, 0.2) is 22.7 Å². The first-order chi connectivity index (χ1) is 9.55. The quantitative estimate of drug-likeness (QED) is 0.831. The lowest BCUT2D eigenvalue weighted by molar-refractivity contribution is 0.197. The molecule has 1 aliphatic heterocycles. The van der Waals surface area contributed by atoms with E-state index in [1.165, 1.54) is 24.8 Å². The lowest BCUT2D eigenvalue weighted by Crippen LogP contribution is -2.34. The van der Waals surface area contributed by atoms with Crippen molar-refractivity contribution in [2.75, 3.05) is 19.6 Å². The molecular formula is C16H24BrClN2. The van der Waals surface area contributed by atoms with E-state index in [2.05, 4.69) is 46.8 Å². The van der Waals surface area contributed by atoms with Crippen LogP contribution in [0.2, 0.25) is 5.02 Å². The normalized spacial score (nSPS) is 20.2. The Morgan fingerprint density at radius 2 is 2.10 bits per heavy atom. The lowest BCUT2D eigenvalue weighted by atomic mass is 9.82. The molecule has 0 saturated carbocycles. The van der Waals surface area contributed by atoms with Gasteiger partial charge < -0.3 is 5.73 Å². The van der Waals surface area contributed by atoms with E-state index in [9.17, 15) is 0 Å². The number of hydrogen-bond donors (Lipinski definition) is 1. The maximum atomic E-state index is 6.09. The number of benzene rings is 1. The molecule has 112 valence electrons. The van der Waals surface area contributed by atoms with Crippen LogP contribution in [0.4, 0.5) is 0 Å². The molecule has 1 aromatic rings. The summed E-state index contributed by atoms with van der Waals surface area (Å²) < 4.78 is 0.951. The molecule has 2 nitrogen and oxygen atoms in total. The molecule has 1 heterocycles. The van der Waals surface area contributed by atoms with Crippen LogP contribution in [-0.4, -0.2) is 24.5 Å². The second-order valence-electron chi connectivity index (χ2n) is 5.85. The molecule has 0 spiro atoms. The van der Waals surface area contributed by atoms with Gasteiger partial charge in [-0.05, 0) is 64.8 Å². The van der Waals surface area contributed by atoms with Crippen LogP contribution in [0.5, 0.6) is 0 Å². The van der Waals surface area contributed by atoms with Crippen LogP contribution < -0.4 is 5.73 Å². The summed E-state index contributed by atoms with van der Waals surface area (Å²) in [7, 11) is 0. The Kier molecular flexibility index (Phi) is 5.52. The number of rotatable bonds is 5. The van der Waals surface area contributed by atoms with Gasteiger partial charge in [0.2, 0.25) is 0 Å². The standard InChI is InChI=1S/C16H24BrClN2/c1-3-16(4-2)7-8-20(11-16)15(10-19)12-5-6-14(18)13(17)9-12/h5-6,9,15H,3-4,7-8,10-11,19H2,1-2H3. The molecule has 1 saturated heterocycles. The fraction of sp³-hybridized carbons (Fsp3) is 0.625. The van der Waals surface area contributed by atoms with Crippen molar-refractivity contribution >= 4 is 27.5 Å². The Hall–Kier alpha value is -0.0900. The average molecular weight is 360 g/mol. The molecule has 0 aliphatic carbocycles. The summed E-state index contributed by atoms with van der Waals surface area (Å²) >= 11 is 9.60. The van der Waals surface area contributed by atoms with Crippen molar-refractivity contribution in [2.24, 2.45) is 11.1 Å². The minimum Gasteiger partial charge on any atom is -0.329 e. The SMILES string of the molecule is CCC1(CC)CCN(C(CN)c2ccc(Cl)c(Br)c2)C1. The van der Waals surface area contributed by atoms with Crippen LogP contribution in [-0.2, 0) is 0 Å². The third-order valence-corrected chi connectivity index (χ3v) is 6.17. The molecule has 4 heteroatoms. The number of likely N-dealkylation sites (tertiary alicyclic amines) is 1. The second-order valence-corrected chi connectivity index (χ2v) is 7.11. The summed E-state index contributed by atoms with van der Waals surface area (Å²) in [6.07, 6.45) is 3.79. The number of nitrogens with two attached hydrogens (primary N) is 1. The van der Waals surface area contributed by atoms with Crippen molar-refractivity contribution in [3.63, 3.8) is 0 Å². The van der Waals surface area contributed by atoms with Crippen molar-refractivity contribution in [1.82, 2.24) is 4.90 Å². The minimum atomic E-state index is 0.295. The summed E-state index contributed by atoms with van der Waals surface area (Å²) in [6, 6.07) is 6.45. The third-order valence-electron chi connectivity index (χ3n) is 4.96. The highest BCUT2D eigenvalue weighted by atomic mass is 79.9. The fourth-order valence-electron chi connectivity index (χ4n) is 3.28. The van der Waals surface area contributed by atoms with Gasteiger partial charge >= 0.3 is 0 Å². The van der Waals surface area contributed by atoms with Gasteiger partial charge in [0.15, 0.2) is 0 Å². The number of nitrogens with zero attached hydrogens (tertiary/aromatic N) is 1. The molecule has 0 amide bonds. The van der Waals surface area contributed by atoms with E-state index in [1.54, 1.807) is 0 Å². The zero-order valence-electron chi connectivity index (χ0n) is 12.3. The molecule has 0 radical (unpaired) electrons. The van der Waals surface area contributed by atoms with Gasteiger partial charge in [-0.2, -0.15) is 0 Å². The molecule has 2 N–H and O–H groups in total. The first kappa shape index (κ1) is 16.3. The Morgan fingerprint density at radius 1 is 1.40 bits per heavy atom. The molecule has 1 aliphatic rings. The van der Waals surface area contributed by atoms with Gasteiger partial charge in [-0.1, -0.05) is 31.5 Å². The number of hydrogen-bond acceptors (Lipinski definition) is 2. The van der Waals surface area contributed by atoms with Crippen LogP contribution >= 0.6 is 27.5 Å². The van der Waals surface area contributed by atoms with E-state index >= 15 is 0 Å². The smallest absolute Gasteiger partial charge is 0.0548 e. The van der Waals surface area contributed by atoms with E-state index in [-0.39, 0.29) is 0 Å². The highest BCUT2D eigenvalue weighted by Crippen LogP contribution is 2.40. The monoisotopic (exact) mass is 358 g/mol. The van der Waals surface area contributed by atoms with Crippen molar-refractivity contribution in [3.8, 4) is 0 Å². The van der Waals surface area contributed by atoms with E-state index in [4.69, 9.17) is 17.3 Å². The van der Waals surface area contributed by atoms with Crippen molar-refractivity contribution in [1.29, 1.82) is 0 Å². The highest BCUT2D eigenvalue weighted by molar-refractivity contribution is 9.10. The Balaban J connectivity index is 2.19. The Morgan fingerprint density at radius 3 is 2.60 bits per heavy atom. The Bertz CT molecular complexity index is 460. The lowest BCUT2D eigenvalue weighted by Gasteiger charge is -2.31. The van der Waals surface area contributed by atoms with Gasteiger partial charge in [-0.15, -0.1) is 0 Å². The summed E-state index contributed by atoms with van der Waals surface area (Å²) in [6.45, 7) is 7.57. The maximum absolute atomic E-state index is 6.09. The molecule has 2 rings (SSSR count). The van der Waals surface area contributed by atoms with Gasteiger partial charge in [0.25, 0.3) is 0 Å². The predicted molar refractivity (Wildman–Crippen MR) is 90.2 cm³/mol. The van der Waals surface area contributed by atoms with E-state index in [0.717, 1.165) is 22.6 Å². The van der Waals surface area contributed by atoms with Gasteiger partial charge in [0, 0.05) is 23.6 Å². The predicted octanol–water partition coefficient (Wildman–Crippen LogP) is 4.61. The molecule has 1 unspecified atom stereocenters. The van der Waals surface area contributed by atoms with Crippen molar-refractivity contribution in [3.05, 3.63) is 33.3 Å². The molecule has 1 atom stereocenters. The second kappa shape index (κ2) is 6.78. The minimum absolute atomic E-state index is 0.295. The third kappa shape index (κ3) is 3.22. The van der Waals surface area contributed by atoms with Crippen LogP contribution in [0.3, 0.4) is 0 Å². The summed E-state index contributed by atoms with van der Waals surface area (Å²) in [4.78, 5) is 2.54. The van der Waals surface area contributed by atoms with Crippen molar-refractivity contribution < 1.29 is 0 Å². The number of halogens is 2. The summed E-state index contributed by atoms with van der Waals surface area (Å²) in [5, 5.41) is 0.752. The van der Waals surface area contributed by atoms with Gasteiger partial charge in [0.05, 0.1) is 5.02 Å². The zero-order chi connectivity index (χ0) is 14.8. The molecular weight excluding hydrogens is 336 g/mol. The topological polar surface area (TPSA) is 29.3 Å². The average Bonchev–Trinajstić information content (AvgIpc) is 2.88. The summed E-state index contributed by atoms with van der Waals surface area (Å²) in [5.41, 5.74) is 7.79. The first-order valence-corrected chi connectivity index (χ1v) is 8.61. The fourth-order valence-corrected chi connectivity index (χ4v) is 3.79. The molecule has 20 heavy (non-hydrogen) atoms. The van der Waals surface area contributed by atoms with E-state index in [0.29, 0.717) is 18.0 Å². The van der Waals surface area contributed by atoms with Gasteiger partial charge in [-0.25, -0.2) is 0 Å². The molecule has 0 aromatic heterocycles. The molecule has 1 aromatic carbocycles. The summed E-state index contributed by atoms with van der Waals surface area (Å²) in [5.74, 6) is 0. The van der Waals surface area contributed by atoms with Gasteiger partial charge in [0.1, 0.15) is 0 Å². The van der Waals surface area contributed by atoms with E-state index < -0.39 is 0 Å². The van der Waals surface area contributed by atoms with E-state index in [1.807, 2.05) is 6.07 Å². The maximum Gasteiger partial charge on any atom is 0.0548 e. The Labute approximate surface area is 135 Å². The first-order valence-electron chi connectivity index (χ1n) is 7.44. The zero-order valence-corrected chi connectivity index (χ0v) is 14.7. The largest absolute Gasteiger partial charge is 0.329 e.